The van der Waals surface area contributed by atoms with E-state index in [2.05, 4.69) is 17.2 Å². The topological polar surface area (TPSA) is 24.9 Å². The Labute approximate surface area is 96.1 Å². The van der Waals surface area contributed by atoms with Crippen molar-refractivity contribution in [3.05, 3.63) is 29.0 Å². The Hall–Kier alpha value is -0.600. The van der Waals surface area contributed by atoms with E-state index >= 15 is 0 Å². The minimum Gasteiger partial charge on any atom is -0.309 e. The maximum Gasteiger partial charge on any atom is 0.0589 e. The predicted octanol–water partition coefficient (Wildman–Crippen LogP) is 3.19. The van der Waals surface area contributed by atoms with E-state index in [4.69, 9.17) is 11.6 Å². The van der Waals surface area contributed by atoms with Gasteiger partial charge in [0, 0.05) is 12.2 Å². The molecule has 1 saturated carbocycles. The summed E-state index contributed by atoms with van der Waals surface area (Å²) in [5.41, 5.74) is 1.12. The fourth-order valence-corrected chi connectivity index (χ4v) is 1.95. The van der Waals surface area contributed by atoms with Crippen LogP contribution in [0.25, 0.3) is 0 Å². The molecule has 1 N–H and O–H groups in total. The van der Waals surface area contributed by atoms with Crippen LogP contribution in [0.5, 0.6) is 0 Å². The van der Waals surface area contributed by atoms with Gasteiger partial charge >= 0.3 is 0 Å². The Balaban J connectivity index is 2.04. The largest absolute Gasteiger partial charge is 0.309 e. The van der Waals surface area contributed by atoms with Crippen LogP contribution in [0.15, 0.2) is 18.3 Å². The predicted molar refractivity (Wildman–Crippen MR) is 63.0 cm³/mol. The highest BCUT2D eigenvalue weighted by Gasteiger charge is 2.26. The lowest BCUT2D eigenvalue weighted by Crippen LogP contribution is -2.22. The average Bonchev–Trinajstić information content (AvgIpc) is 3.02. The van der Waals surface area contributed by atoms with Crippen molar-refractivity contribution in [2.24, 2.45) is 5.92 Å². The number of hydrogen-bond donors (Lipinski definition) is 1. The van der Waals surface area contributed by atoms with Gasteiger partial charge in [0.15, 0.2) is 0 Å². The second kappa shape index (κ2) is 4.95. The molecule has 1 fully saturated rings. The molecule has 1 aromatic heterocycles. The van der Waals surface area contributed by atoms with Crippen LogP contribution in [0, 0.1) is 5.92 Å². The van der Waals surface area contributed by atoms with E-state index in [0.29, 0.717) is 11.1 Å². The molecule has 0 aliphatic heterocycles. The van der Waals surface area contributed by atoms with Crippen molar-refractivity contribution in [3.8, 4) is 0 Å². The number of nitrogens with one attached hydrogen (secondary N) is 1. The lowest BCUT2D eigenvalue weighted by molar-refractivity contribution is 0.477. The Morgan fingerprint density at radius 3 is 2.87 bits per heavy atom. The molecule has 1 unspecified atom stereocenters. The minimum absolute atomic E-state index is 0.403. The SMILES string of the molecule is CCNC(CC1CC1)c1ccc(Cl)cn1. The lowest BCUT2D eigenvalue weighted by Gasteiger charge is -2.16. The molecule has 82 valence electrons. The number of nitrogens with zero attached hydrogens (tertiary/aromatic N) is 1. The van der Waals surface area contributed by atoms with Crippen LogP contribution in [0.3, 0.4) is 0 Å². The number of rotatable bonds is 5. The highest BCUT2D eigenvalue weighted by molar-refractivity contribution is 6.30. The monoisotopic (exact) mass is 224 g/mol. The molecule has 0 spiro atoms. The van der Waals surface area contributed by atoms with Crippen LogP contribution in [-0.4, -0.2) is 11.5 Å². The summed E-state index contributed by atoms with van der Waals surface area (Å²) in [5, 5.41) is 4.19. The van der Waals surface area contributed by atoms with E-state index in [1.165, 1.54) is 19.3 Å². The van der Waals surface area contributed by atoms with Gasteiger partial charge < -0.3 is 5.32 Å². The van der Waals surface area contributed by atoms with Crippen LogP contribution in [0.2, 0.25) is 5.02 Å². The Morgan fingerprint density at radius 2 is 2.33 bits per heavy atom. The molecule has 1 aromatic rings. The maximum atomic E-state index is 5.83. The van der Waals surface area contributed by atoms with Crippen LogP contribution < -0.4 is 5.32 Å². The summed E-state index contributed by atoms with van der Waals surface area (Å²) in [5.74, 6) is 0.909. The molecule has 1 atom stereocenters. The lowest BCUT2D eigenvalue weighted by atomic mass is 10.1. The van der Waals surface area contributed by atoms with Crippen molar-refractivity contribution >= 4 is 11.6 Å². The van der Waals surface area contributed by atoms with Gasteiger partial charge in [-0.1, -0.05) is 31.4 Å². The van der Waals surface area contributed by atoms with Gasteiger partial charge in [-0.05, 0) is 31.0 Å². The summed E-state index contributed by atoms with van der Waals surface area (Å²) in [6, 6.07) is 4.35. The molecule has 0 aromatic carbocycles. The smallest absolute Gasteiger partial charge is 0.0589 e. The zero-order chi connectivity index (χ0) is 10.7. The van der Waals surface area contributed by atoms with Gasteiger partial charge in [-0.2, -0.15) is 0 Å². The summed E-state index contributed by atoms with van der Waals surface area (Å²) >= 11 is 5.83. The van der Waals surface area contributed by atoms with Gasteiger partial charge in [0.1, 0.15) is 0 Å². The van der Waals surface area contributed by atoms with Crippen molar-refractivity contribution in [3.63, 3.8) is 0 Å². The first-order valence-electron chi connectivity index (χ1n) is 5.64. The molecule has 0 amide bonds. The minimum atomic E-state index is 0.403. The number of aromatic nitrogens is 1. The third-order valence-electron chi connectivity index (χ3n) is 2.82. The van der Waals surface area contributed by atoms with Gasteiger partial charge in [0.05, 0.1) is 10.7 Å². The number of hydrogen-bond acceptors (Lipinski definition) is 2. The number of pyridine rings is 1. The van der Waals surface area contributed by atoms with Gasteiger partial charge in [0.25, 0.3) is 0 Å². The highest BCUT2D eigenvalue weighted by atomic mass is 35.5. The van der Waals surface area contributed by atoms with E-state index in [-0.39, 0.29) is 0 Å². The fraction of sp³-hybridized carbons (Fsp3) is 0.583. The van der Waals surface area contributed by atoms with E-state index in [1.54, 1.807) is 6.20 Å². The van der Waals surface area contributed by atoms with Crippen LogP contribution in [0.4, 0.5) is 0 Å². The van der Waals surface area contributed by atoms with Crippen molar-refractivity contribution in [2.45, 2.75) is 32.2 Å². The van der Waals surface area contributed by atoms with Gasteiger partial charge in [-0.3, -0.25) is 4.98 Å². The third kappa shape index (κ3) is 3.18. The maximum absolute atomic E-state index is 5.83. The summed E-state index contributed by atoms with van der Waals surface area (Å²) in [6.45, 7) is 3.12. The molecule has 1 aliphatic rings. The fourth-order valence-electron chi connectivity index (χ4n) is 1.84. The summed E-state index contributed by atoms with van der Waals surface area (Å²) in [7, 11) is 0. The Morgan fingerprint density at radius 1 is 1.53 bits per heavy atom. The first kappa shape index (κ1) is 10.9. The number of halogens is 1. The first-order chi connectivity index (χ1) is 7.29. The molecule has 3 heteroatoms. The van der Waals surface area contributed by atoms with Crippen molar-refractivity contribution < 1.29 is 0 Å². The van der Waals surface area contributed by atoms with Gasteiger partial charge in [-0.25, -0.2) is 0 Å². The first-order valence-corrected chi connectivity index (χ1v) is 6.02. The Bertz CT molecular complexity index is 306. The molecule has 1 heterocycles. The molecule has 2 rings (SSSR count). The quantitative estimate of drug-likeness (QED) is 0.831. The molecular formula is C12H17ClN2. The second-order valence-electron chi connectivity index (χ2n) is 4.19. The van der Waals surface area contributed by atoms with E-state index in [1.807, 2.05) is 12.1 Å². The van der Waals surface area contributed by atoms with Gasteiger partial charge in [0.2, 0.25) is 0 Å². The van der Waals surface area contributed by atoms with Crippen molar-refractivity contribution in [2.75, 3.05) is 6.54 Å². The molecular weight excluding hydrogens is 208 g/mol. The van der Waals surface area contributed by atoms with E-state index < -0.39 is 0 Å². The third-order valence-corrected chi connectivity index (χ3v) is 3.05. The van der Waals surface area contributed by atoms with Crippen LogP contribution in [0.1, 0.15) is 37.9 Å². The molecule has 0 bridgehead atoms. The molecule has 0 radical (unpaired) electrons. The molecule has 0 saturated heterocycles. The second-order valence-corrected chi connectivity index (χ2v) is 4.63. The standard InChI is InChI=1S/C12H17ClN2/c1-2-14-12(7-9-3-4-9)11-6-5-10(13)8-15-11/h5-6,8-9,12,14H,2-4,7H2,1H3. The van der Waals surface area contributed by atoms with Gasteiger partial charge in [-0.15, -0.1) is 0 Å². The summed E-state index contributed by atoms with van der Waals surface area (Å²) < 4.78 is 0. The zero-order valence-corrected chi connectivity index (χ0v) is 9.80. The molecule has 15 heavy (non-hydrogen) atoms. The summed E-state index contributed by atoms with van der Waals surface area (Å²) in [6.07, 6.45) is 5.71. The van der Waals surface area contributed by atoms with Crippen molar-refractivity contribution in [1.29, 1.82) is 0 Å². The molecule has 1 aliphatic carbocycles. The van der Waals surface area contributed by atoms with Crippen molar-refractivity contribution in [1.82, 2.24) is 10.3 Å². The normalized spacial score (nSPS) is 17.7. The Kier molecular flexibility index (Phi) is 3.60. The van der Waals surface area contributed by atoms with Crippen LogP contribution in [-0.2, 0) is 0 Å². The van der Waals surface area contributed by atoms with Crippen LogP contribution >= 0.6 is 11.6 Å². The zero-order valence-electron chi connectivity index (χ0n) is 9.04. The molecule has 2 nitrogen and oxygen atoms in total. The van der Waals surface area contributed by atoms with E-state index in [9.17, 15) is 0 Å². The van der Waals surface area contributed by atoms with E-state index in [0.717, 1.165) is 18.2 Å². The highest BCUT2D eigenvalue weighted by Crippen LogP contribution is 2.37. The summed E-state index contributed by atoms with van der Waals surface area (Å²) in [4.78, 5) is 4.38. The average molecular weight is 225 g/mol.